The van der Waals surface area contributed by atoms with E-state index in [0.717, 1.165) is 26.2 Å². The normalized spacial score (nSPS) is 16.2. The lowest BCUT2D eigenvalue weighted by molar-refractivity contribution is 0.0994. The molecular formula is C10H13FN4O. The Bertz CT molecular complexity index is 404. The van der Waals surface area contributed by atoms with Crippen molar-refractivity contribution in [1.29, 1.82) is 0 Å². The van der Waals surface area contributed by atoms with Gasteiger partial charge < -0.3 is 16.0 Å². The predicted octanol–water partition coefficient (Wildman–Crippen LogP) is -0.271. The van der Waals surface area contributed by atoms with E-state index in [9.17, 15) is 9.18 Å². The molecule has 1 aromatic rings. The second-order valence-corrected chi connectivity index (χ2v) is 3.61. The zero-order valence-corrected chi connectivity index (χ0v) is 8.74. The topological polar surface area (TPSA) is 71.2 Å². The zero-order valence-electron chi connectivity index (χ0n) is 8.74. The minimum atomic E-state index is -0.717. The fourth-order valence-electron chi connectivity index (χ4n) is 1.71. The van der Waals surface area contributed by atoms with Crippen LogP contribution in [0.3, 0.4) is 0 Å². The van der Waals surface area contributed by atoms with Crippen LogP contribution in [0.15, 0.2) is 12.1 Å². The Hall–Kier alpha value is -1.69. The smallest absolute Gasteiger partial charge is 0.267 e. The number of carbonyl (C=O) groups excluding carboxylic acids is 1. The van der Waals surface area contributed by atoms with Crippen molar-refractivity contribution in [2.75, 3.05) is 31.1 Å². The highest BCUT2D eigenvalue weighted by Gasteiger charge is 2.16. The molecule has 3 N–H and O–H groups in total. The Morgan fingerprint density at radius 1 is 1.44 bits per heavy atom. The molecule has 2 heterocycles. The number of anilines is 1. The number of carbonyl (C=O) groups is 1. The van der Waals surface area contributed by atoms with Crippen molar-refractivity contribution in [3.05, 3.63) is 23.8 Å². The van der Waals surface area contributed by atoms with Gasteiger partial charge in [-0.05, 0) is 12.1 Å². The average molecular weight is 224 g/mol. The average Bonchev–Trinajstić information content (AvgIpc) is 2.30. The van der Waals surface area contributed by atoms with Crippen LogP contribution in [0.2, 0.25) is 0 Å². The first-order chi connectivity index (χ1) is 7.68. The first-order valence-corrected chi connectivity index (χ1v) is 5.10. The molecule has 16 heavy (non-hydrogen) atoms. The summed E-state index contributed by atoms with van der Waals surface area (Å²) in [6, 6.07) is 3.00. The molecule has 0 bridgehead atoms. The van der Waals surface area contributed by atoms with Crippen LogP contribution in [0, 0.1) is 5.95 Å². The SMILES string of the molecule is NC(=O)c1ccc(N2CCNCC2)c(F)n1. The first-order valence-electron chi connectivity index (χ1n) is 5.10. The van der Waals surface area contributed by atoms with Gasteiger partial charge in [0.25, 0.3) is 5.91 Å². The molecule has 1 amide bonds. The maximum Gasteiger partial charge on any atom is 0.267 e. The molecule has 1 aliphatic heterocycles. The van der Waals surface area contributed by atoms with Crippen molar-refractivity contribution < 1.29 is 9.18 Å². The number of amides is 1. The Kier molecular flexibility index (Phi) is 3.00. The highest BCUT2D eigenvalue weighted by Crippen LogP contribution is 2.18. The van der Waals surface area contributed by atoms with Gasteiger partial charge in [0.05, 0.1) is 5.69 Å². The molecule has 86 valence electrons. The number of hydrogen-bond acceptors (Lipinski definition) is 4. The lowest BCUT2D eigenvalue weighted by Gasteiger charge is -2.29. The minimum Gasteiger partial charge on any atom is -0.365 e. The number of aromatic nitrogens is 1. The van der Waals surface area contributed by atoms with Gasteiger partial charge in [0, 0.05) is 26.2 Å². The van der Waals surface area contributed by atoms with E-state index < -0.39 is 11.9 Å². The molecule has 0 aliphatic carbocycles. The molecule has 2 rings (SSSR count). The zero-order chi connectivity index (χ0) is 11.5. The fraction of sp³-hybridized carbons (Fsp3) is 0.400. The largest absolute Gasteiger partial charge is 0.365 e. The predicted molar refractivity (Wildman–Crippen MR) is 57.8 cm³/mol. The van der Waals surface area contributed by atoms with Crippen LogP contribution in [-0.2, 0) is 0 Å². The van der Waals surface area contributed by atoms with E-state index in [2.05, 4.69) is 10.3 Å². The second-order valence-electron chi connectivity index (χ2n) is 3.61. The number of pyridine rings is 1. The van der Waals surface area contributed by atoms with Gasteiger partial charge in [-0.3, -0.25) is 4.79 Å². The van der Waals surface area contributed by atoms with Gasteiger partial charge in [0.1, 0.15) is 5.69 Å². The molecule has 0 atom stereocenters. The second kappa shape index (κ2) is 4.44. The lowest BCUT2D eigenvalue weighted by Crippen LogP contribution is -2.44. The summed E-state index contributed by atoms with van der Waals surface area (Å²) in [5.41, 5.74) is 5.40. The number of nitrogens with zero attached hydrogens (tertiary/aromatic N) is 2. The van der Waals surface area contributed by atoms with Crippen molar-refractivity contribution in [3.63, 3.8) is 0 Å². The molecule has 0 aromatic carbocycles. The summed E-state index contributed by atoms with van der Waals surface area (Å²) in [4.78, 5) is 16.2. The summed E-state index contributed by atoms with van der Waals surface area (Å²) in [5.74, 6) is -1.36. The minimum absolute atomic E-state index is 0.0450. The van der Waals surface area contributed by atoms with Gasteiger partial charge in [-0.15, -0.1) is 0 Å². The van der Waals surface area contributed by atoms with E-state index in [1.165, 1.54) is 6.07 Å². The van der Waals surface area contributed by atoms with Crippen LogP contribution in [0.4, 0.5) is 10.1 Å². The number of piperazine rings is 1. The Morgan fingerprint density at radius 3 is 2.69 bits per heavy atom. The van der Waals surface area contributed by atoms with Gasteiger partial charge in [0.15, 0.2) is 0 Å². The van der Waals surface area contributed by atoms with Gasteiger partial charge in [-0.25, -0.2) is 4.98 Å². The van der Waals surface area contributed by atoms with Crippen LogP contribution in [0.5, 0.6) is 0 Å². The van der Waals surface area contributed by atoms with Gasteiger partial charge >= 0.3 is 0 Å². The Morgan fingerprint density at radius 2 is 2.12 bits per heavy atom. The summed E-state index contributed by atoms with van der Waals surface area (Å²) < 4.78 is 13.6. The van der Waals surface area contributed by atoms with E-state index in [4.69, 9.17) is 5.73 Å². The molecule has 1 aliphatic rings. The summed E-state index contributed by atoms with van der Waals surface area (Å²) in [6.45, 7) is 3.09. The maximum atomic E-state index is 13.6. The molecular weight excluding hydrogens is 211 g/mol. The first kappa shape index (κ1) is 10.8. The maximum absolute atomic E-state index is 13.6. The van der Waals surface area contributed by atoms with Crippen LogP contribution >= 0.6 is 0 Å². The third-order valence-corrected chi connectivity index (χ3v) is 2.54. The van der Waals surface area contributed by atoms with Gasteiger partial charge in [-0.2, -0.15) is 4.39 Å². The van der Waals surface area contributed by atoms with E-state index in [1.54, 1.807) is 6.07 Å². The number of hydrogen-bond donors (Lipinski definition) is 2. The third kappa shape index (κ3) is 2.11. The molecule has 0 spiro atoms. The Labute approximate surface area is 92.4 Å². The molecule has 0 radical (unpaired) electrons. The highest BCUT2D eigenvalue weighted by atomic mass is 19.1. The molecule has 6 heteroatoms. The summed E-state index contributed by atoms with van der Waals surface area (Å²) >= 11 is 0. The molecule has 5 nitrogen and oxygen atoms in total. The van der Waals surface area contributed by atoms with Gasteiger partial charge in [-0.1, -0.05) is 0 Å². The summed E-state index contributed by atoms with van der Waals surface area (Å²) in [6.07, 6.45) is 0. The summed E-state index contributed by atoms with van der Waals surface area (Å²) in [7, 11) is 0. The van der Waals surface area contributed by atoms with Gasteiger partial charge in [0.2, 0.25) is 5.95 Å². The number of nitrogens with one attached hydrogen (secondary N) is 1. The monoisotopic (exact) mass is 224 g/mol. The van der Waals surface area contributed by atoms with Crippen LogP contribution in [0.1, 0.15) is 10.5 Å². The molecule has 0 unspecified atom stereocenters. The van der Waals surface area contributed by atoms with Crippen LogP contribution in [-0.4, -0.2) is 37.1 Å². The highest BCUT2D eigenvalue weighted by molar-refractivity contribution is 5.90. The van der Waals surface area contributed by atoms with Crippen molar-refractivity contribution in [1.82, 2.24) is 10.3 Å². The molecule has 0 saturated carbocycles. The third-order valence-electron chi connectivity index (χ3n) is 2.54. The Balaban J connectivity index is 2.24. The number of halogens is 1. The molecule has 1 fully saturated rings. The fourth-order valence-corrected chi connectivity index (χ4v) is 1.71. The number of rotatable bonds is 2. The summed E-state index contributed by atoms with van der Waals surface area (Å²) in [5, 5.41) is 3.17. The quantitative estimate of drug-likeness (QED) is 0.678. The number of primary amides is 1. The van der Waals surface area contributed by atoms with E-state index in [-0.39, 0.29) is 5.69 Å². The van der Waals surface area contributed by atoms with Crippen molar-refractivity contribution in [2.45, 2.75) is 0 Å². The van der Waals surface area contributed by atoms with Crippen molar-refractivity contribution >= 4 is 11.6 Å². The van der Waals surface area contributed by atoms with E-state index >= 15 is 0 Å². The standard InChI is InChI=1S/C10H13FN4O/c11-9-8(15-5-3-13-4-6-15)2-1-7(14-9)10(12)16/h1-2,13H,3-6H2,(H2,12,16). The van der Waals surface area contributed by atoms with Crippen LogP contribution in [0.25, 0.3) is 0 Å². The molecule has 1 saturated heterocycles. The molecule has 1 aromatic heterocycles. The van der Waals surface area contributed by atoms with E-state index in [1.807, 2.05) is 4.90 Å². The van der Waals surface area contributed by atoms with Crippen molar-refractivity contribution in [3.8, 4) is 0 Å². The van der Waals surface area contributed by atoms with E-state index in [0.29, 0.717) is 5.69 Å². The number of nitrogens with two attached hydrogens (primary N) is 1. The van der Waals surface area contributed by atoms with Crippen molar-refractivity contribution in [2.24, 2.45) is 5.73 Å². The van der Waals surface area contributed by atoms with Crippen LogP contribution < -0.4 is 16.0 Å². The lowest BCUT2D eigenvalue weighted by atomic mass is 10.2.